The topological polar surface area (TPSA) is 21.8 Å². The lowest BCUT2D eigenvalue weighted by Crippen LogP contribution is -2.01. The highest BCUT2D eigenvalue weighted by Crippen LogP contribution is 2.31. The van der Waals surface area contributed by atoms with Crippen molar-refractivity contribution in [3.8, 4) is 5.75 Å². The second kappa shape index (κ2) is 3.30. The minimum absolute atomic E-state index is 0.0706. The average Bonchev–Trinajstić information content (AvgIpc) is 2.85. The van der Waals surface area contributed by atoms with Gasteiger partial charge in [0.05, 0.1) is 6.61 Å². The largest absolute Gasteiger partial charge is 0.435 e. The molecule has 1 atom stereocenters. The monoisotopic (exact) mass is 186 g/mol. The molecule has 1 aliphatic rings. The van der Waals surface area contributed by atoms with Crippen molar-refractivity contribution in [2.45, 2.75) is 12.7 Å². The van der Waals surface area contributed by atoms with E-state index in [2.05, 4.69) is 4.74 Å². The van der Waals surface area contributed by atoms with E-state index >= 15 is 0 Å². The van der Waals surface area contributed by atoms with Crippen molar-refractivity contribution in [2.75, 3.05) is 6.61 Å². The molecule has 1 aromatic carbocycles. The summed E-state index contributed by atoms with van der Waals surface area (Å²) in [6.07, 6.45) is 0.0706. The van der Waals surface area contributed by atoms with Crippen LogP contribution in [0.5, 0.6) is 5.75 Å². The molecule has 70 valence electrons. The quantitative estimate of drug-likeness (QED) is 0.676. The number of benzene rings is 1. The van der Waals surface area contributed by atoms with Gasteiger partial charge >= 0.3 is 6.61 Å². The van der Waals surface area contributed by atoms with Crippen molar-refractivity contribution in [1.29, 1.82) is 0 Å². The molecule has 2 nitrogen and oxygen atoms in total. The molecule has 1 aliphatic heterocycles. The van der Waals surface area contributed by atoms with Gasteiger partial charge in [0.25, 0.3) is 0 Å². The zero-order valence-electron chi connectivity index (χ0n) is 6.74. The van der Waals surface area contributed by atoms with Crippen molar-refractivity contribution < 1.29 is 18.3 Å². The molecule has 2 rings (SSSR count). The van der Waals surface area contributed by atoms with Gasteiger partial charge in [0, 0.05) is 0 Å². The fourth-order valence-electron chi connectivity index (χ4n) is 1.13. The van der Waals surface area contributed by atoms with Crippen LogP contribution in [0.25, 0.3) is 0 Å². The predicted molar refractivity (Wildman–Crippen MR) is 41.8 cm³/mol. The normalized spacial score (nSPS) is 20.4. The molecule has 1 fully saturated rings. The lowest BCUT2D eigenvalue weighted by Gasteiger charge is -2.04. The van der Waals surface area contributed by atoms with Gasteiger partial charge in [0.15, 0.2) is 0 Å². The molecule has 0 amide bonds. The van der Waals surface area contributed by atoms with E-state index in [9.17, 15) is 8.78 Å². The minimum Gasteiger partial charge on any atom is -0.435 e. The first-order chi connectivity index (χ1) is 6.25. The third kappa shape index (κ3) is 2.15. The van der Waals surface area contributed by atoms with Crippen molar-refractivity contribution >= 4 is 0 Å². The van der Waals surface area contributed by atoms with Crippen LogP contribution >= 0.6 is 0 Å². The van der Waals surface area contributed by atoms with Crippen molar-refractivity contribution in [1.82, 2.24) is 0 Å². The van der Waals surface area contributed by atoms with Crippen LogP contribution in [0.2, 0.25) is 0 Å². The number of rotatable bonds is 3. The molecule has 0 saturated carbocycles. The van der Waals surface area contributed by atoms with Gasteiger partial charge in [0.1, 0.15) is 11.9 Å². The van der Waals surface area contributed by atoms with E-state index in [1.54, 1.807) is 12.1 Å². The second-order valence-corrected chi connectivity index (χ2v) is 2.77. The molecule has 0 spiro atoms. The van der Waals surface area contributed by atoms with Crippen LogP contribution in [0.15, 0.2) is 24.3 Å². The van der Waals surface area contributed by atoms with Crippen LogP contribution in [0.4, 0.5) is 8.78 Å². The Bertz CT molecular complexity index is 297. The van der Waals surface area contributed by atoms with E-state index in [-0.39, 0.29) is 11.9 Å². The smallest absolute Gasteiger partial charge is 0.387 e. The van der Waals surface area contributed by atoms with E-state index in [1.165, 1.54) is 6.07 Å². The molecule has 1 aromatic rings. The van der Waals surface area contributed by atoms with Crippen LogP contribution in [-0.4, -0.2) is 13.2 Å². The van der Waals surface area contributed by atoms with Crippen LogP contribution in [0.3, 0.4) is 0 Å². The van der Waals surface area contributed by atoms with Gasteiger partial charge in [-0.1, -0.05) is 12.1 Å². The SMILES string of the molecule is FC(F)Oc1cccc([C@H]2CO2)c1. The van der Waals surface area contributed by atoms with Crippen LogP contribution < -0.4 is 4.74 Å². The van der Waals surface area contributed by atoms with Gasteiger partial charge in [0.2, 0.25) is 0 Å². The van der Waals surface area contributed by atoms with Gasteiger partial charge in [-0.15, -0.1) is 0 Å². The first kappa shape index (κ1) is 8.44. The molecule has 4 heteroatoms. The molecular weight excluding hydrogens is 178 g/mol. The fraction of sp³-hybridized carbons (Fsp3) is 0.333. The average molecular weight is 186 g/mol. The van der Waals surface area contributed by atoms with Crippen LogP contribution in [0.1, 0.15) is 11.7 Å². The third-order valence-corrected chi connectivity index (χ3v) is 1.79. The summed E-state index contributed by atoms with van der Waals surface area (Å²) in [5.41, 5.74) is 0.887. The summed E-state index contributed by atoms with van der Waals surface area (Å²) in [6, 6.07) is 6.58. The lowest BCUT2D eigenvalue weighted by molar-refractivity contribution is -0.0499. The second-order valence-electron chi connectivity index (χ2n) is 2.77. The maximum atomic E-state index is 11.8. The number of ether oxygens (including phenoxy) is 2. The Morgan fingerprint density at radius 1 is 1.46 bits per heavy atom. The van der Waals surface area contributed by atoms with Crippen LogP contribution in [0, 0.1) is 0 Å². The van der Waals surface area contributed by atoms with E-state index < -0.39 is 6.61 Å². The molecule has 0 aliphatic carbocycles. The summed E-state index contributed by atoms with van der Waals surface area (Å²) in [5.74, 6) is 0.183. The number of epoxide rings is 1. The zero-order valence-corrected chi connectivity index (χ0v) is 6.74. The van der Waals surface area contributed by atoms with E-state index in [4.69, 9.17) is 4.74 Å². The van der Waals surface area contributed by atoms with E-state index in [0.29, 0.717) is 6.61 Å². The highest BCUT2D eigenvalue weighted by Gasteiger charge is 2.24. The molecule has 0 aromatic heterocycles. The van der Waals surface area contributed by atoms with Gasteiger partial charge in [-0.3, -0.25) is 0 Å². The molecule has 0 radical (unpaired) electrons. The number of halogens is 2. The highest BCUT2D eigenvalue weighted by atomic mass is 19.3. The van der Waals surface area contributed by atoms with Gasteiger partial charge in [-0.2, -0.15) is 8.78 Å². The summed E-state index contributed by atoms with van der Waals surface area (Å²) >= 11 is 0. The Balaban J connectivity index is 2.12. The summed E-state index contributed by atoms with van der Waals surface area (Å²) in [4.78, 5) is 0. The molecule has 1 saturated heterocycles. The first-order valence-corrected chi connectivity index (χ1v) is 3.92. The molecular formula is C9H8F2O2. The summed E-state index contributed by atoms with van der Waals surface area (Å²) in [5, 5.41) is 0. The maximum absolute atomic E-state index is 11.8. The predicted octanol–water partition coefficient (Wildman–Crippen LogP) is 2.36. The van der Waals surface area contributed by atoms with E-state index in [1.807, 2.05) is 6.07 Å². The number of alkyl halides is 2. The van der Waals surface area contributed by atoms with Crippen LogP contribution in [-0.2, 0) is 4.74 Å². The molecule has 0 N–H and O–H groups in total. The van der Waals surface area contributed by atoms with Crippen molar-refractivity contribution in [3.05, 3.63) is 29.8 Å². The maximum Gasteiger partial charge on any atom is 0.387 e. The van der Waals surface area contributed by atoms with Crippen molar-refractivity contribution in [2.24, 2.45) is 0 Å². The molecule has 0 bridgehead atoms. The van der Waals surface area contributed by atoms with E-state index in [0.717, 1.165) is 5.56 Å². The summed E-state index contributed by atoms with van der Waals surface area (Å²) < 4.78 is 32.9. The Hall–Kier alpha value is -1.16. The number of hydrogen-bond donors (Lipinski definition) is 0. The molecule has 0 unspecified atom stereocenters. The third-order valence-electron chi connectivity index (χ3n) is 1.79. The Morgan fingerprint density at radius 3 is 2.85 bits per heavy atom. The van der Waals surface area contributed by atoms with Crippen molar-refractivity contribution in [3.63, 3.8) is 0 Å². The van der Waals surface area contributed by atoms with Gasteiger partial charge in [-0.05, 0) is 17.7 Å². The zero-order chi connectivity index (χ0) is 9.26. The summed E-state index contributed by atoms with van der Waals surface area (Å²) in [7, 11) is 0. The number of hydrogen-bond acceptors (Lipinski definition) is 2. The Labute approximate surface area is 74.1 Å². The highest BCUT2D eigenvalue weighted by molar-refractivity contribution is 5.31. The standard InChI is InChI=1S/C9H8F2O2/c10-9(11)13-7-3-1-2-6(4-7)8-5-12-8/h1-4,8-9H,5H2/t8-/m1/s1. The first-order valence-electron chi connectivity index (χ1n) is 3.92. The molecule has 1 heterocycles. The van der Waals surface area contributed by atoms with Gasteiger partial charge in [-0.25, -0.2) is 0 Å². The Morgan fingerprint density at radius 2 is 2.23 bits per heavy atom. The lowest BCUT2D eigenvalue weighted by atomic mass is 10.1. The minimum atomic E-state index is -2.77. The summed E-state index contributed by atoms with van der Waals surface area (Å²) in [6.45, 7) is -2.10. The Kier molecular flexibility index (Phi) is 2.14. The van der Waals surface area contributed by atoms with Gasteiger partial charge < -0.3 is 9.47 Å². The molecule has 13 heavy (non-hydrogen) atoms. The fourth-order valence-corrected chi connectivity index (χ4v) is 1.13.